The third-order valence-electron chi connectivity index (χ3n) is 7.85. The third kappa shape index (κ3) is 7.94. The Bertz CT molecular complexity index is 1140. The molecule has 4 rings (SSSR count). The van der Waals surface area contributed by atoms with Gasteiger partial charge in [-0.1, -0.05) is 31.4 Å². The number of carbonyl (C=O) groups excluding carboxylic acids is 2. The number of carbonyl (C=O) groups is 2. The Balaban J connectivity index is 0.000000983. The quantitative estimate of drug-likeness (QED) is 0.265. The molecule has 2 heterocycles. The maximum Gasteiger partial charge on any atom is 0.227 e. The van der Waals surface area contributed by atoms with Crippen LogP contribution in [0.25, 0.3) is 6.08 Å². The van der Waals surface area contributed by atoms with Crippen molar-refractivity contribution in [1.29, 1.82) is 0 Å². The molecule has 0 bridgehead atoms. The first-order valence-corrected chi connectivity index (χ1v) is 14.3. The summed E-state index contributed by atoms with van der Waals surface area (Å²) in [6, 6.07) is 6.51. The number of hydrogen-bond donors (Lipinski definition) is 2. The van der Waals surface area contributed by atoms with Crippen molar-refractivity contribution in [3.05, 3.63) is 40.6 Å². The van der Waals surface area contributed by atoms with Crippen LogP contribution in [0.5, 0.6) is 0 Å². The molecule has 1 aromatic carbocycles. The smallest absolute Gasteiger partial charge is 0.227 e. The highest BCUT2D eigenvalue weighted by Gasteiger charge is 2.40. The van der Waals surface area contributed by atoms with Gasteiger partial charge in [-0.25, -0.2) is 4.98 Å². The zero-order valence-electron chi connectivity index (χ0n) is 24.0. The molecule has 39 heavy (non-hydrogen) atoms. The number of hydrogen-bond acceptors (Lipinski definition) is 7. The molecule has 2 fully saturated rings. The van der Waals surface area contributed by atoms with E-state index in [-0.39, 0.29) is 0 Å². The Morgan fingerprint density at radius 2 is 1.90 bits per heavy atom. The van der Waals surface area contributed by atoms with Gasteiger partial charge in [-0.15, -0.1) is 0 Å². The van der Waals surface area contributed by atoms with Crippen molar-refractivity contribution in [2.45, 2.75) is 71.8 Å². The van der Waals surface area contributed by atoms with Gasteiger partial charge >= 0.3 is 0 Å². The molecule has 1 saturated carbocycles. The topological polar surface area (TPSA) is 90.5 Å². The van der Waals surface area contributed by atoms with E-state index in [1.165, 1.54) is 32.1 Å². The molecule has 1 saturated heterocycles. The minimum Gasteiger partial charge on any atom is -0.372 e. The first-order chi connectivity index (χ1) is 18.8. The number of aromatic nitrogens is 2. The molecule has 1 aromatic heterocycles. The molecule has 2 aliphatic rings. The van der Waals surface area contributed by atoms with Crippen LogP contribution in [0.3, 0.4) is 0 Å². The molecule has 0 radical (unpaired) electrons. The predicted molar refractivity (Wildman–Crippen MR) is 162 cm³/mol. The average Bonchev–Trinajstić information content (AvgIpc) is 2.93. The molecule has 212 valence electrons. The first-order valence-electron chi connectivity index (χ1n) is 13.9. The van der Waals surface area contributed by atoms with Crippen LogP contribution in [-0.4, -0.2) is 55.9 Å². The second kappa shape index (κ2) is 14.3. The van der Waals surface area contributed by atoms with Crippen LogP contribution in [0.15, 0.2) is 30.0 Å². The van der Waals surface area contributed by atoms with Crippen molar-refractivity contribution < 1.29 is 9.59 Å². The lowest BCUT2D eigenvalue weighted by molar-refractivity contribution is -0.109. The summed E-state index contributed by atoms with van der Waals surface area (Å²) in [5.41, 5.74) is 4.32. The van der Waals surface area contributed by atoms with Gasteiger partial charge in [0.1, 0.15) is 11.3 Å². The molecule has 1 amide bonds. The number of piperidine rings is 1. The summed E-state index contributed by atoms with van der Waals surface area (Å²) < 4.78 is 0. The van der Waals surface area contributed by atoms with Crippen molar-refractivity contribution in [3.63, 3.8) is 0 Å². The normalized spacial score (nSPS) is 16.2. The SMILES string of the molecule is CCC/C(C=O)=C/c1cc(Nc2nc(N3CCC4(CCC4)CC3)ncc2Cl)ccc1N(C)C(C)C.CNC=O. The van der Waals surface area contributed by atoms with E-state index >= 15 is 0 Å². The molecule has 1 spiro atoms. The molecule has 0 atom stereocenters. The summed E-state index contributed by atoms with van der Waals surface area (Å²) in [6.07, 6.45) is 13.5. The second-order valence-electron chi connectivity index (χ2n) is 10.8. The minimum absolute atomic E-state index is 0.328. The zero-order valence-corrected chi connectivity index (χ0v) is 24.7. The van der Waals surface area contributed by atoms with Crippen LogP contribution in [-0.2, 0) is 9.59 Å². The molecule has 0 unspecified atom stereocenters. The summed E-state index contributed by atoms with van der Waals surface area (Å²) in [5, 5.41) is 6.14. The van der Waals surface area contributed by atoms with Gasteiger partial charge in [-0.2, -0.15) is 4.98 Å². The molecule has 1 aliphatic carbocycles. The van der Waals surface area contributed by atoms with Crippen LogP contribution in [0.1, 0.15) is 71.3 Å². The van der Waals surface area contributed by atoms with Crippen molar-refractivity contribution in [3.8, 4) is 0 Å². The van der Waals surface area contributed by atoms with E-state index in [0.717, 1.165) is 60.7 Å². The van der Waals surface area contributed by atoms with E-state index in [0.29, 0.717) is 28.7 Å². The fraction of sp³-hybridized carbons (Fsp3) is 0.533. The maximum absolute atomic E-state index is 11.6. The number of allylic oxidation sites excluding steroid dienone is 1. The molecule has 1 aliphatic heterocycles. The Labute approximate surface area is 238 Å². The van der Waals surface area contributed by atoms with Gasteiger partial charge in [-0.3, -0.25) is 9.59 Å². The second-order valence-corrected chi connectivity index (χ2v) is 11.2. The van der Waals surface area contributed by atoms with Gasteiger partial charge in [0.05, 0.1) is 6.20 Å². The highest BCUT2D eigenvalue weighted by Crippen LogP contribution is 2.49. The van der Waals surface area contributed by atoms with E-state index in [1.54, 1.807) is 13.2 Å². The standard InChI is InChI=1S/C28H38ClN5O.C2H5NO/c1-5-7-21(19-35)16-22-17-23(8-9-25(22)33(4)20(2)3)31-26-24(29)18-30-27(32-26)34-14-12-28(13-15-34)10-6-11-28;1-3-2-4/h8-9,16-20H,5-7,10-15H2,1-4H3,(H,30,31,32);2H,1H3,(H,3,4)/b21-16-;. The van der Waals surface area contributed by atoms with Crippen LogP contribution in [0.4, 0.5) is 23.1 Å². The Morgan fingerprint density at radius 3 is 2.44 bits per heavy atom. The number of rotatable bonds is 10. The first kappa shape index (κ1) is 30.4. The fourth-order valence-electron chi connectivity index (χ4n) is 5.09. The predicted octanol–water partition coefficient (Wildman–Crippen LogP) is 6.23. The van der Waals surface area contributed by atoms with Gasteiger partial charge in [-0.05, 0) is 81.2 Å². The van der Waals surface area contributed by atoms with Crippen LogP contribution in [0, 0.1) is 5.41 Å². The third-order valence-corrected chi connectivity index (χ3v) is 8.12. The highest BCUT2D eigenvalue weighted by atomic mass is 35.5. The van der Waals surface area contributed by atoms with Crippen molar-refractivity contribution in [2.75, 3.05) is 42.3 Å². The zero-order chi connectivity index (χ0) is 28.4. The number of anilines is 4. The van der Waals surface area contributed by atoms with Crippen LogP contribution < -0.4 is 20.4 Å². The largest absolute Gasteiger partial charge is 0.372 e. The van der Waals surface area contributed by atoms with Gasteiger partial charge in [0.2, 0.25) is 12.4 Å². The highest BCUT2D eigenvalue weighted by molar-refractivity contribution is 6.32. The number of aldehydes is 1. The van der Waals surface area contributed by atoms with Crippen LogP contribution in [0.2, 0.25) is 5.02 Å². The lowest BCUT2D eigenvalue weighted by atomic mass is 9.63. The minimum atomic E-state index is 0.328. The Morgan fingerprint density at radius 1 is 1.21 bits per heavy atom. The number of amides is 1. The number of benzene rings is 1. The van der Waals surface area contributed by atoms with E-state index in [2.05, 4.69) is 65.4 Å². The van der Waals surface area contributed by atoms with Crippen LogP contribution >= 0.6 is 11.6 Å². The molecular weight excluding hydrogens is 512 g/mol. The van der Waals surface area contributed by atoms with Crippen molar-refractivity contribution >= 4 is 53.5 Å². The fourth-order valence-corrected chi connectivity index (χ4v) is 5.23. The van der Waals surface area contributed by atoms with Gasteiger partial charge in [0.15, 0.2) is 5.82 Å². The summed E-state index contributed by atoms with van der Waals surface area (Å²) >= 11 is 6.50. The monoisotopic (exact) mass is 554 g/mol. The van der Waals surface area contributed by atoms with Gasteiger partial charge in [0.25, 0.3) is 0 Å². The van der Waals surface area contributed by atoms with E-state index < -0.39 is 0 Å². The molecule has 2 aromatic rings. The summed E-state index contributed by atoms with van der Waals surface area (Å²) in [4.78, 5) is 34.5. The maximum atomic E-state index is 11.6. The summed E-state index contributed by atoms with van der Waals surface area (Å²) in [7, 11) is 3.64. The lowest BCUT2D eigenvalue weighted by Crippen LogP contribution is -2.44. The van der Waals surface area contributed by atoms with Crippen molar-refractivity contribution in [1.82, 2.24) is 15.3 Å². The number of halogens is 1. The average molecular weight is 555 g/mol. The molecular formula is C30H43ClN6O2. The van der Waals surface area contributed by atoms with Crippen molar-refractivity contribution in [2.24, 2.45) is 5.41 Å². The van der Waals surface area contributed by atoms with E-state index in [4.69, 9.17) is 21.4 Å². The molecule has 9 heteroatoms. The van der Waals surface area contributed by atoms with E-state index in [1.807, 2.05) is 12.1 Å². The lowest BCUT2D eigenvalue weighted by Gasteiger charge is -2.48. The Hall–Kier alpha value is -3.13. The molecule has 2 N–H and O–H groups in total. The van der Waals surface area contributed by atoms with E-state index in [9.17, 15) is 4.79 Å². The number of nitrogens with zero attached hydrogens (tertiary/aromatic N) is 4. The van der Waals surface area contributed by atoms with Gasteiger partial charge in [0, 0.05) is 50.2 Å². The Kier molecular flexibility index (Phi) is 11.2. The summed E-state index contributed by atoms with van der Waals surface area (Å²) in [5.74, 6) is 1.33. The van der Waals surface area contributed by atoms with Gasteiger partial charge < -0.3 is 20.4 Å². The summed E-state index contributed by atoms with van der Waals surface area (Å²) in [6.45, 7) is 8.39. The number of nitrogens with one attached hydrogen (secondary N) is 2. The molecule has 8 nitrogen and oxygen atoms in total.